The van der Waals surface area contributed by atoms with Crippen molar-refractivity contribution in [2.75, 3.05) is 13.7 Å². The van der Waals surface area contributed by atoms with Crippen LogP contribution >= 0.6 is 0 Å². The van der Waals surface area contributed by atoms with Crippen LogP contribution in [0.5, 0.6) is 0 Å². The van der Waals surface area contributed by atoms with Crippen molar-refractivity contribution in [2.24, 2.45) is 4.99 Å². The van der Waals surface area contributed by atoms with E-state index < -0.39 is 0 Å². The number of hydrogen-bond acceptors (Lipinski definition) is 3. The van der Waals surface area contributed by atoms with Gasteiger partial charge >= 0.3 is 0 Å². The predicted octanol–water partition coefficient (Wildman–Crippen LogP) is 0.838. The van der Waals surface area contributed by atoms with Gasteiger partial charge in [0.05, 0.1) is 12.7 Å². The summed E-state index contributed by atoms with van der Waals surface area (Å²) in [5.74, 6) is 0. The van der Waals surface area contributed by atoms with E-state index >= 15 is 0 Å². The molecular weight excluding hydrogens is 130 g/mol. The van der Waals surface area contributed by atoms with Crippen LogP contribution in [0.1, 0.15) is 13.8 Å². The highest BCUT2D eigenvalue weighted by molar-refractivity contribution is 5.86. The Morgan fingerprint density at radius 1 is 1.70 bits per heavy atom. The molecule has 0 fully saturated rings. The van der Waals surface area contributed by atoms with E-state index in [0.29, 0.717) is 6.61 Å². The third-order valence-corrected chi connectivity index (χ3v) is 1.70. The lowest BCUT2D eigenvalue weighted by Gasteiger charge is -2.23. The van der Waals surface area contributed by atoms with Gasteiger partial charge in [-0.3, -0.25) is 4.99 Å². The Labute approximate surface area is 61.0 Å². The molecule has 0 aromatic heterocycles. The van der Waals surface area contributed by atoms with E-state index in [1.165, 1.54) is 0 Å². The molecule has 10 heavy (non-hydrogen) atoms. The van der Waals surface area contributed by atoms with Crippen molar-refractivity contribution < 1.29 is 9.47 Å². The van der Waals surface area contributed by atoms with Gasteiger partial charge in [-0.2, -0.15) is 0 Å². The Balaban J connectivity index is 2.56. The van der Waals surface area contributed by atoms with Crippen LogP contribution in [0.2, 0.25) is 0 Å². The predicted molar refractivity (Wildman–Crippen MR) is 39.3 cm³/mol. The summed E-state index contributed by atoms with van der Waals surface area (Å²) in [5.41, 5.74) is 1.01. The summed E-state index contributed by atoms with van der Waals surface area (Å²) in [4.78, 5) is 4.25. The lowest BCUT2D eigenvalue weighted by Crippen LogP contribution is -2.31. The zero-order chi connectivity index (χ0) is 7.56. The lowest BCUT2D eigenvalue weighted by molar-refractivity contribution is -0.0104. The second kappa shape index (κ2) is 3.12. The number of ether oxygens (including phenoxy) is 2. The van der Waals surface area contributed by atoms with Crippen molar-refractivity contribution >= 4 is 5.71 Å². The van der Waals surface area contributed by atoms with Crippen LogP contribution in [-0.4, -0.2) is 31.8 Å². The van der Waals surface area contributed by atoms with Crippen molar-refractivity contribution in [1.29, 1.82) is 0 Å². The van der Waals surface area contributed by atoms with E-state index in [-0.39, 0.29) is 12.3 Å². The number of hydrogen-bond donors (Lipinski definition) is 0. The van der Waals surface area contributed by atoms with Gasteiger partial charge in [-0.1, -0.05) is 0 Å². The van der Waals surface area contributed by atoms with Crippen molar-refractivity contribution in [3.05, 3.63) is 0 Å². The maximum atomic E-state index is 5.34. The van der Waals surface area contributed by atoms with Gasteiger partial charge in [0, 0.05) is 12.8 Å². The molecule has 0 N–H and O–H groups in total. The topological polar surface area (TPSA) is 30.8 Å². The summed E-state index contributed by atoms with van der Waals surface area (Å²) in [6.45, 7) is 4.52. The van der Waals surface area contributed by atoms with Crippen LogP contribution in [0.3, 0.4) is 0 Å². The molecule has 2 atom stereocenters. The molecular formula is C7H13NO2. The van der Waals surface area contributed by atoms with E-state index in [9.17, 15) is 0 Å². The number of nitrogens with zero attached hydrogens (tertiary/aromatic N) is 1. The third-order valence-electron chi connectivity index (χ3n) is 1.70. The minimum atomic E-state index is -0.0869. The molecule has 1 rings (SSSR count). The van der Waals surface area contributed by atoms with E-state index in [2.05, 4.69) is 4.99 Å². The largest absolute Gasteiger partial charge is 0.368 e. The molecule has 1 aliphatic heterocycles. The third kappa shape index (κ3) is 1.55. The van der Waals surface area contributed by atoms with E-state index in [1.54, 1.807) is 7.11 Å². The van der Waals surface area contributed by atoms with Gasteiger partial charge in [0.25, 0.3) is 0 Å². The fraction of sp³-hybridized carbons (Fsp3) is 0.857. The summed E-state index contributed by atoms with van der Waals surface area (Å²) in [6, 6.07) is 0. The second-order valence-corrected chi connectivity index (χ2v) is 2.44. The van der Waals surface area contributed by atoms with Crippen LogP contribution in [-0.2, 0) is 9.47 Å². The first-order valence-corrected chi connectivity index (χ1v) is 3.42. The zero-order valence-corrected chi connectivity index (χ0v) is 6.63. The maximum Gasteiger partial charge on any atom is 0.171 e. The quantitative estimate of drug-likeness (QED) is 0.544. The van der Waals surface area contributed by atoms with Gasteiger partial charge in [0.2, 0.25) is 0 Å². The highest BCUT2D eigenvalue weighted by Crippen LogP contribution is 2.07. The van der Waals surface area contributed by atoms with Crippen LogP contribution in [0.25, 0.3) is 0 Å². The average molecular weight is 143 g/mol. The molecule has 0 aliphatic carbocycles. The van der Waals surface area contributed by atoms with Gasteiger partial charge in [0.1, 0.15) is 0 Å². The molecule has 58 valence electrons. The molecule has 3 heteroatoms. The van der Waals surface area contributed by atoms with Crippen LogP contribution in [0.4, 0.5) is 0 Å². The number of methoxy groups -OCH3 is 1. The van der Waals surface area contributed by atoms with Gasteiger partial charge in [-0.25, -0.2) is 0 Å². The Bertz CT molecular complexity index is 145. The summed E-state index contributed by atoms with van der Waals surface area (Å²) in [5, 5.41) is 0. The Kier molecular flexibility index (Phi) is 2.40. The molecule has 0 radical (unpaired) electrons. The van der Waals surface area contributed by atoms with Gasteiger partial charge < -0.3 is 9.47 Å². The van der Waals surface area contributed by atoms with Crippen LogP contribution < -0.4 is 0 Å². The Morgan fingerprint density at radius 3 is 2.90 bits per heavy atom. The fourth-order valence-corrected chi connectivity index (χ4v) is 0.837. The monoisotopic (exact) mass is 143 g/mol. The number of aliphatic imine (C=N–C) groups is 1. The molecule has 0 saturated heterocycles. The minimum absolute atomic E-state index is 0.0869. The molecule has 0 spiro atoms. The molecule has 0 aromatic carbocycles. The SMILES string of the molecule is COC1COC(C)C(C)=N1. The summed E-state index contributed by atoms with van der Waals surface area (Å²) in [6.07, 6.45) is 0.0719. The molecule has 0 saturated carbocycles. The fourth-order valence-electron chi connectivity index (χ4n) is 0.837. The van der Waals surface area contributed by atoms with Crippen LogP contribution in [0.15, 0.2) is 4.99 Å². The highest BCUT2D eigenvalue weighted by Gasteiger charge is 2.17. The average Bonchev–Trinajstić information content (AvgIpc) is 1.95. The van der Waals surface area contributed by atoms with Crippen LogP contribution in [0, 0.1) is 0 Å². The van der Waals surface area contributed by atoms with Crippen molar-refractivity contribution in [1.82, 2.24) is 0 Å². The Hall–Kier alpha value is -0.410. The first kappa shape index (κ1) is 7.69. The van der Waals surface area contributed by atoms with E-state index in [0.717, 1.165) is 5.71 Å². The Morgan fingerprint density at radius 2 is 2.40 bits per heavy atom. The smallest absolute Gasteiger partial charge is 0.171 e. The van der Waals surface area contributed by atoms with Gasteiger partial charge in [-0.15, -0.1) is 0 Å². The molecule has 1 heterocycles. The van der Waals surface area contributed by atoms with Gasteiger partial charge in [0.15, 0.2) is 6.23 Å². The summed E-state index contributed by atoms with van der Waals surface area (Å²) < 4.78 is 10.3. The molecule has 3 nitrogen and oxygen atoms in total. The lowest BCUT2D eigenvalue weighted by atomic mass is 10.2. The van der Waals surface area contributed by atoms with E-state index in [1.807, 2.05) is 13.8 Å². The first-order chi connectivity index (χ1) is 4.74. The van der Waals surface area contributed by atoms with Crippen molar-refractivity contribution in [3.8, 4) is 0 Å². The molecule has 0 aromatic rings. The molecule has 0 amide bonds. The van der Waals surface area contributed by atoms with Gasteiger partial charge in [-0.05, 0) is 13.8 Å². The molecule has 0 bridgehead atoms. The van der Waals surface area contributed by atoms with E-state index in [4.69, 9.17) is 9.47 Å². The minimum Gasteiger partial charge on any atom is -0.368 e. The molecule has 2 unspecified atom stereocenters. The molecule has 1 aliphatic rings. The maximum absolute atomic E-state index is 5.34. The van der Waals surface area contributed by atoms with Crippen molar-refractivity contribution in [2.45, 2.75) is 26.2 Å². The highest BCUT2D eigenvalue weighted by atomic mass is 16.5. The number of rotatable bonds is 1. The normalized spacial score (nSPS) is 33.7. The summed E-state index contributed by atoms with van der Waals surface area (Å²) in [7, 11) is 1.64. The summed E-state index contributed by atoms with van der Waals surface area (Å²) >= 11 is 0. The first-order valence-electron chi connectivity index (χ1n) is 3.42. The standard InChI is InChI=1S/C7H13NO2/c1-5-6(2)10-4-7(8-5)9-3/h6-7H,4H2,1-3H3. The zero-order valence-electron chi connectivity index (χ0n) is 6.63. The second-order valence-electron chi connectivity index (χ2n) is 2.44. The van der Waals surface area contributed by atoms with Crippen molar-refractivity contribution in [3.63, 3.8) is 0 Å².